The monoisotopic (exact) mass is 155 g/mol. The molecular weight excluding hydrogens is 140 g/mol. The Morgan fingerprint density at radius 3 is 3.55 bits per heavy atom. The van der Waals surface area contributed by atoms with Crippen molar-refractivity contribution in [2.75, 3.05) is 19.6 Å². The van der Waals surface area contributed by atoms with Gasteiger partial charge in [-0.25, -0.2) is 4.99 Å². The summed E-state index contributed by atoms with van der Waals surface area (Å²) in [5, 5.41) is 3.36. The lowest BCUT2D eigenvalue weighted by atomic mass is 10.1. The molecule has 0 aliphatic carbocycles. The van der Waals surface area contributed by atoms with Crippen LogP contribution in [-0.4, -0.2) is 38.1 Å². The Balaban J connectivity index is 1.99. The first kappa shape index (κ1) is 7.25. The van der Waals surface area contributed by atoms with Crippen molar-refractivity contribution in [3.63, 3.8) is 0 Å². The number of rotatable bonds is 0. The maximum absolute atomic E-state index is 5.75. The third-order valence-corrected chi connectivity index (χ3v) is 2.23. The fourth-order valence-corrected chi connectivity index (χ4v) is 1.63. The van der Waals surface area contributed by atoms with Gasteiger partial charge in [-0.1, -0.05) is 0 Å². The first-order valence-electron chi connectivity index (χ1n) is 4.38. The lowest BCUT2D eigenvalue weighted by molar-refractivity contribution is -0.481. The summed E-state index contributed by atoms with van der Waals surface area (Å²) in [5.41, 5.74) is 0. The minimum atomic E-state index is 0.357. The van der Waals surface area contributed by atoms with E-state index in [1.54, 1.807) is 0 Å². The van der Waals surface area contributed by atoms with Gasteiger partial charge in [-0.15, -0.1) is 0 Å². The Bertz CT molecular complexity index is 158. The Kier molecular flexibility index (Phi) is 2.19. The largest absolute Gasteiger partial charge is 0.357 e. The van der Waals surface area contributed by atoms with Gasteiger partial charge in [0.25, 0.3) is 0 Å². The van der Waals surface area contributed by atoms with E-state index in [0.717, 1.165) is 26.1 Å². The SMILES string of the molecule is C1=[NH+]CC2CNCCC[C@@H]1O2. The zero-order chi connectivity index (χ0) is 7.52. The summed E-state index contributed by atoms with van der Waals surface area (Å²) in [4.78, 5) is 3.26. The van der Waals surface area contributed by atoms with Gasteiger partial charge in [-0.3, -0.25) is 0 Å². The Labute approximate surface area is 66.8 Å². The predicted molar refractivity (Wildman–Crippen MR) is 42.7 cm³/mol. The normalized spacial score (nSPS) is 37.8. The highest BCUT2D eigenvalue weighted by atomic mass is 16.5. The third kappa shape index (κ3) is 1.79. The standard InChI is InChI=1S/C8H14N2O/c1-2-7-4-10-6-8(11-7)5-9-3-1/h4,7-9H,1-3,5-6H2/p+1/t7-,8?/m0/s1. The predicted octanol–water partition coefficient (Wildman–Crippen LogP) is -1.71. The molecule has 0 radical (unpaired) electrons. The molecule has 0 spiro atoms. The maximum atomic E-state index is 5.75. The van der Waals surface area contributed by atoms with Crippen LogP contribution in [0.5, 0.6) is 0 Å². The van der Waals surface area contributed by atoms with Crippen LogP contribution in [0.2, 0.25) is 0 Å². The number of nitrogens with one attached hydrogen (secondary N) is 2. The van der Waals surface area contributed by atoms with Gasteiger partial charge in [0.1, 0.15) is 12.2 Å². The van der Waals surface area contributed by atoms with Gasteiger partial charge in [0.2, 0.25) is 0 Å². The van der Waals surface area contributed by atoms with Gasteiger partial charge < -0.3 is 10.1 Å². The Hall–Kier alpha value is -0.410. The van der Waals surface area contributed by atoms with Crippen molar-refractivity contribution in [3.05, 3.63) is 0 Å². The van der Waals surface area contributed by atoms with Crippen LogP contribution in [0, 0.1) is 0 Å². The number of hydrogen-bond acceptors (Lipinski definition) is 2. The lowest BCUT2D eigenvalue weighted by Crippen LogP contribution is -2.78. The zero-order valence-corrected chi connectivity index (χ0v) is 6.68. The average Bonchev–Trinajstić information content (AvgIpc) is 2.02. The molecule has 0 aromatic heterocycles. The summed E-state index contributed by atoms with van der Waals surface area (Å²) in [5.74, 6) is 0. The highest BCUT2D eigenvalue weighted by molar-refractivity contribution is 5.56. The van der Waals surface area contributed by atoms with Gasteiger partial charge in [0, 0.05) is 6.54 Å². The smallest absolute Gasteiger partial charge is 0.167 e. The Morgan fingerprint density at radius 1 is 1.55 bits per heavy atom. The summed E-state index contributed by atoms with van der Waals surface area (Å²) >= 11 is 0. The van der Waals surface area contributed by atoms with E-state index >= 15 is 0 Å². The van der Waals surface area contributed by atoms with Crippen molar-refractivity contribution < 1.29 is 9.73 Å². The number of ether oxygens (including phenoxy) is 1. The summed E-state index contributed by atoms with van der Waals surface area (Å²) in [6, 6.07) is 0. The molecule has 2 aliphatic rings. The van der Waals surface area contributed by atoms with Gasteiger partial charge in [0.05, 0.1) is 0 Å². The van der Waals surface area contributed by atoms with Crippen molar-refractivity contribution in [2.45, 2.75) is 25.0 Å². The molecule has 2 heterocycles. The quantitative estimate of drug-likeness (QED) is 0.437. The molecule has 1 unspecified atom stereocenters. The van der Waals surface area contributed by atoms with Crippen LogP contribution >= 0.6 is 0 Å². The van der Waals surface area contributed by atoms with Crippen LogP contribution in [0.3, 0.4) is 0 Å². The van der Waals surface area contributed by atoms with Crippen molar-refractivity contribution in [3.8, 4) is 0 Å². The van der Waals surface area contributed by atoms with E-state index < -0.39 is 0 Å². The maximum Gasteiger partial charge on any atom is 0.167 e. The van der Waals surface area contributed by atoms with Gasteiger partial charge in [-0.2, -0.15) is 0 Å². The van der Waals surface area contributed by atoms with E-state index in [9.17, 15) is 0 Å². The van der Waals surface area contributed by atoms with Gasteiger partial charge in [-0.05, 0) is 19.4 Å². The molecule has 1 saturated heterocycles. The second-order valence-corrected chi connectivity index (χ2v) is 3.22. The molecule has 11 heavy (non-hydrogen) atoms. The van der Waals surface area contributed by atoms with Crippen molar-refractivity contribution >= 4 is 6.21 Å². The van der Waals surface area contributed by atoms with E-state index in [1.165, 1.54) is 6.42 Å². The van der Waals surface area contributed by atoms with Gasteiger partial charge in [0.15, 0.2) is 12.8 Å². The zero-order valence-electron chi connectivity index (χ0n) is 6.68. The van der Waals surface area contributed by atoms with Crippen molar-refractivity contribution in [1.29, 1.82) is 0 Å². The molecular formula is C8H15N2O+. The van der Waals surface area contributed by atoms with E-state index in [4.69, 9.17) is 4.74 Å². The Morgan fingerprint density at radius 2 is 2.55 bits per heavy atom. The molecule has 62 valence electrons. The molecule has 0 aromatic carbocycles. The van der Waals surface area contributed by atoms with Crippen LogP contribution in [0.15, 0.2) is 0 Å². The molecule has 0 amide bonds. The molecule has 1 fully saturated rings. The van der Waals surface area contributed by atoms with E-state index in [2.05, 4.69) is 16.5 Å². The van der Waals surface area contributed by atoms with E-state index in [1.807, 2.05) is 0 Å². The molecule has 2 bridgehead atoms. The molecule has 2 aliphatic heterocycles. The lowest BCUT2D eigenvalue weighted by Gasteiger charge is -2.24. The highest BCUT2D eigenvalue weighted by Gasteiger charge is 2.24. The first-order valence-corrected chi connectivity index (χ1v) is 4.38. The van der Waals surface area contributed by atoms with Crippen molar-refractivity contribution in [2.24, 2.45) is 0 Å². The highest BCUT2D eigenvalue weighted by Crippen LogP contribution is 2.06. The fraction of sp³-hybridized carbons (Fsp3) is 0.875. The molecule has 2 atom stereocenters. The van der Waals surface area contributed by atoms with Crippen molar-refractivity contribution in [1.82, 2.24) is 5.32 Å². The minimum absolute atomic E-state index is 0.357. The summed E-state index contributed by atoms with van der Waals surface area (Å²) in [6.07, 6.45) is 5.19. The molecule has 0 aromatic rings. The van der Waals surface area contributed by atoms with Crippen LogP contribution in [0.4, 0.5) is 0 Å². The number of fused-ring (bicyclic) bond motifs is 2. The summed E-state index contributed by atoms with van der Waals surface area (Å²) in [6.45, 7) is 3.10. The van der Waals surface area contributed by atoms with Crippen LogP contribution in [-0.2, 0) is 4.74 Å². The second-order valence-electron chi connectivity index (χ2n) is 3.22. The van der Waals surface area contributed by atoms with Crippen LogP contribution in [0.25, 0.3) is 0 Å². The van der Waals surface area contributed by atoms with Gasteiger partial charge >= 0.3 is 0 Å². The molecule has 3 nitrogen and oxygen atoms in total. The van der Waals surface area contributed by atoms with Crippen LogP contribution in [0.1, 0.15) is 12.8 Å². The summed E-state index contributed by atoms with van der Waals surface area (Å²) < 4.78 is 5.75. The minimum Gasteiger partial charge on any atom is -0.357 e. The van der Waals surface area contributed by atoms with E-state index in [-0.39, 0.29) is 0 Å². The number of hydrogen-bond donors (Lipinski definition) is 2. The fourth-order valence-electron chi connectivity index (χ4n) is 1.63. The second kappa shape index (κ2) is 3.32. The topological polar surface area (TPSA) is 35.2 Å². The summed E-state index contributed by atoms with van der Waals surface area (Å²) in [7, 11) is 0. The van der Waals surface area contributed by atoms with E-state index in [0.29, 0.717) is 12.2 Å². The van der Waals surface area contributed by atoms with Crippen LogP contribution < -0.4 is 10.3 Å². The molecule has 3 heteroatoms. The molecule has 0 saturated carbocycles. The molecule has 2 rings (SSSR count). The molecule has 2 N–H and O–H groups in total. The first-order chi connectivity index (χ1) is 5.45. The third-order valence-electron chi connectivity index (χ3n) is 2.23. The average molecular weight is 155 g/mol.